The van der Waals surface area contributed by atoms with Crippen molar-refractivity contribution < 1.29 is 9.90 Å². The molecule has 4 nitrogen and oxygen atoms in total. The number of carbonyl (C=O) groups excluding carboxylic acids is 1. The van der Waals surface area contributed by atoms with Gasteiger partial charge in [-0.15, -0.1) is 0 Å². The number of rotatable bonds is 4. The summed E-state index contributed by atoms with van der Waals surface area (Å²) in [6.45, 7) is 7.76. The summed E-state index contributed by atoms with van der Waals surface area (Å²) in [5.74, 6) is 0.205. The third kappa shape index (κ3) is 3.80. The van der Waals surface area contributed by atoms with Gasteiger partial charge < -0.3 is 10.0 Å². The van der Waals surface area contributed by atoms with Crippen molar-refractivity contribution in [2.45, 2.75) is 32.8 Å². The summed E-state index contributed by atoms with van der Waals surface area (Å²) >= 11 is 0. The van der Waals surface area contributed by atoms with Crippen LogP contribution in [-0.4, -0.2) is 59.6 Å². The molecule has 0 aromatic rings. The van der Waals surface area contributed by atoms with Crippen LogP contribution in [0.15, 0.2) is 0 Å². The van der Waals surface area contributed by atoms with Crippen LogP contribution in [0, 0.1) is 0 Å². The largest absolute Gasteiger partial charge is 0.393 e. The van der Waals surface area contributed by atoms with E-state index in [1.54, 1.807) is 0 Å². The van der Waals surface area contributed by atoms with Crippen LogP contribution in [0.4, 0.5) is 0 Å². The van der Waals surface area contributed by atoms with E-state index in [2.05, 4.69) is 4.90 Å². The SMILES string of the molecule is CCN(CC)C(=O)CN1CCC(O)CC1. The van der Waals surface area contributed by atoms with Gasteiger partial charge in [-0.3, -0.25) is 9.69 Å². The van der Waals surface area contributed by atoms with E-state index in [1.807, 2.05) is 18.7 Å². The van der Waals surface area contributed by atoms with E-state index in [-0.39, 0.29) is 12.0 Å². The van der Waals surface area contributed by atoms with E-state index in [9.17, 15) is 9.90 Å². The Morgan fingerprint density at radius 3 is 2.33 bits per heavy atom. The summed E-state index contributed by atoms with van der Waals surface area (Å²) in [5, 5.41) is 9.34. The van der Waals surface area contributed by atoms with Gasteiger partial charge >= 0.3 is 0 Å². The Kier molecular flexibility index (Phi) is 5.05. The van der Waals surface area contributed by atoms with Crippen molar-refractivity contribution in [2.24, 2.45) is 0 Å². The number of amides is 1. The van der Waals surface area contributed by atoms with Crippen molar-refractivity contribution in [1.82, 2.24) is 9.80 Å². The number of aliphatic hydroxyl groups is 1. The highest BCUT2D eigenvalue weighted by Crippen LogP contribution is 2.09. The van der Waals surface area contributed by atoms with Gasteiger partial charge in [0, 0.05) is 26.2 Å². The van der Waals surface area contributed by atoms with Crippen LogP contribution in [0.5, 0.6) is 0 Å². The van der Waals surface area contributed by atoms with Gasteiger partial charge in [-0.25, -0.2) is 0 Å². The summed E-state index contributed by atoms with van der Waals surface area (Å²) in [6.07, 6.45) is 1.43. The lowest BCUT2D eigenvalue weighted by Crippen LogP contribution is -2.44. The molecule has 0 radical (unpaired) electrons. The van der Waals surface area contributed by atoms with E-state index >= 15 is 0 Å². The van der Waals surface area contributed by atoms with Crippen molar-refractivity contribution in [3.05, 3.63) is 0 Å². The number of hydrogen-bond acceptors (Lipinski definition) is 3. The quantitative estimate of drug-likeness (QED) is 0.732. The molecule has 0 aliphatic carbocycles. The minimum absolute atomic E-state index is 0.162. The van der Waals surface area contributed by atoms with Crippen molar-refractivity contribution in [1.29, 1.82) is 0 Å². The monoisotopic (exact) mass is 214 g/mol. The van der Waals surface area contributed by atoms with E-state index < -0.39 is 0 Å². The molecule has 0 aromatic heterocycles. The molecule has 1 fully saturated rings. The Labute approximate surface area is 91.9 Å². The topological polar surface area (TPSA) is 43.8 Å². The maximum Gasteiger partial charge on any atom is 0.236 e. The number of likely N-dealkylation sites (N-methyl/N-ethyl adjacent to an activating group) is 1. The van der Waals surface area contributed by atoms with Crippen LogP contribution in [0.1, 0.15) is 26.7 Å². The maximum absolute atomic E-state index is 11.8. The smallest absolute Gasteiger partial charge is 0.236 e. The Hall–Kier alpha value is -0.610. The molecule has 1 aliphatic heterocycles. The van der Waals surface area contributed by atoms with Crippen LogP contribution >= 0.6 is 0 Å². The fraction of sp³-hybridized carbons (Fsp3) is 0.909. The first kappa shape index (κ1) is 12.5. The highest BCUT2D eigenvalue weighted by Gasteiger charge is 2.20. The predicted octanol–water partition coefficient (Wildman–Crippen LogP) is 0.311. The van der Waals surface area contributed by atoms with Crippen LogP contribution in [0.2, 0.25) is 0 Å². The lowest BCUT2D eigenvalue weighted by atomic mass is 10.1. The van der Waals surface area contributed by atoms with Gasteiger partial charge in [0.25, 0.3) is 0 Å². The summed E-state index contributed by atoms with van der Waals surface area (Å²) < 4.78 is 0. The van der Waals surface area contributed by atoms with E-state index in [1.165, 1.54) is 0 Å². The molecule has 1 amide bonds. The van der Waals surface area contributed by atoms with Crippen LogP contribution in [0.25, 0.3) is 0 Å². The average molecular weight is 214 g/mol. The molecule has 1 saturated heterocycles. The van der Waals surface area contributed by atoms with Crippen molar-refractivity contribution in [2.75, 3.05) is 32.7 Å². The fourth-order valence-electron chi connectivity index (χ4n) is 1.95. The summed E-state index contributed by atoms with van der Waals surface area (Å²) in [7, 11) is 0. The molecule has 0 spiro atoms. The van der Waals surface area contributed by atoms with Gasteiger partial charge in [0.15, 0.2) is 0 Å². The number of piperidine rings is 1. The van der Waals surface area contributed by atoms with Crippen molar-refractivity contribution in [3.8, 4) is 0 Å². The normalized spacial score (nSPS) is 19.1. The molecular formula is C11H22N2O2. The van der Waals surface area contributed by atoms with E-state index in [0.717, 1.165) is 39.0 Å². The third-order valence-electron chi connectivity index (χ3n) is 3.03. The highest BCUT2D eigenvalue weighted by molar-refractivity contribution is 5.78. The molecule has 0 saturated carbocycles. The molecule has 1 N–H and O–H groups in total. The summed E-state index contributed by atoms with van der Waals surface area (Å²) in [6, 6.07) is 0. The molecule has 0 aromatic carbocycles. The first-order chi connectivity index (χ1) is 7.17. The second kappa shape index (κ2) is 6.08. The van der Waals surface area contributed by atoms with Gasteiger partial charge in [0.1, 0.15) is 0 Å². The average Bonchev–Trinajstić information content (AvgIpc) is 2.23. The first-order valence-electron chi connectivity index (χ1n) is 5.85. The molecule has 1 aliphatic rings. The Balaban J connectivity index is 2.31. The number of carbonyl (C=O) groups is 1. The second-order valence-corrected chi connectivity index (χ2v) is 4.07. The third-order valence-corrected chi connectivity index (χ3v) is 3.03. The number of hydrogen-bond donors (Lipinski definition) is 1. The summed E-state index contributed by atoms with van der Waals surface area (Å²) in [5.41, 5.74) is 0. The van der Waals surface area contributed by atoms with Gasteiger partial charge in [-0.05, 0) is 26.7 Å². The molecule has 1 rings (SSSR count). The Morgan fingerprint density at radius 1 is 1.33 bits per heavy atom. The number of likely N-dealkylation sites (tertiary alicyclic amines) is 1. The summed E-state index contributed by atoms with van der Waals surface area (Å²) in [4.78, 5) is 15.8. The molecule has 0 atom stereocenters. The molecule has 0 bridgehead atoms. The molecule has 4 heteroatoms. The van der Waals surface area contributed by atoms with Gasteiger partial charge in [0.2, 0.25) is 5.91 Å². The molecule has 1 heterocycles. The van der Waals surface area contributed by atoms with Crippen molar-refractivity contribution >= 4 is 5.91 Å². The van der Waals surface area contributed by atoms with Crippen LogP contribution in [-0.2, 0) is 4.79 Å². The first-order valence-corrected chi connectivity index (χ1v) is 5.85. The van der Waals surface area contributed by atoms with Gasteiger partial charge in [-0.1, -0.05) is 0 Å². The van der Waals surface area contributed by atoms with E-state index in [4.69, 9.17) is 0 Å². The van der Waals surface area contributed by atoms with Crippen LogP contribution in [0.3, 0.4) is 0 Å². The number of nitrogens with zero attached hydrogens (tertiary/aromatic N) is 2. The fourth-order valence-corrected chi connectivity index (χ4v) is 1.95. The predicted molar refractivity (Wildman–Crippen MR) is 59.6 cm³/mol. The van der Waals surface area contributed by atoms with Gasteiger partial charge in [0.05, 0.1) is 12.6 Å². The molecule has 0 unspecified atom stereocenters. The molecule has 88 valence electrons. The minimum atomic E-state index is -0.162. The minimum Gasteiger partial charge on any atom is -0.393 e. The maximum atomic E-state index is 11.8. The van der Waals surface area contributed by atoms with Gasteiger partial charge in [-0.2, -0.15) is 0 Å². The van der Waals surface area contributed by atoms with Crippen LogP contribution < -0.4 is 0 Å². The van der Waals surface area contributed by atoms with Crippen molar-refractivity contribution in [3.63, 3.8) is 0 Å². The van der Waals surface area contributed by atoms with E-state index in [0.29, 0.717) is 6.54 Å². The number of aliphatic hydroxyl groups excluding tert-OH is 1. The standard InChI is InChI=1S/C11H22N2O2/c1-3-13(4-2)11(15)9-12-7-5-10(14)6-8-12/h10,14H,3-9H2,1-2H3. The Bertz CT molecular complexity index is 197. The zero-order valence-electron chi connectivity index (χ0n) is 9.78. The lowest BCUT2D eigenvalue weighted by molar-refractivity contribution is -0.132. The molecular weight excluding hydrogens is 192 g/mol. The zero-order chi connectivity index (χ0) is 11.3. The molecule has 15 heavy (non-hydrogen) atoms. The zero-order valence-corrected chi connectivity index (χ0v) is 9.78. The second-order valence-electron chi connectivity index (χ2n) is 4.07. The highest BCUT2D eigenvalue weighted by atomic mass is 16.3. The lowest BCUT2D eigenvalue weighted by Gasteiger charge is -2.30. The Morgan fingerprint density at radius 2 is 1.87 bits per heavy atom.